The molecule has 0 aromatic heterocycles. The molecule has 0 saturated heterocycles. The van der Waals surface area contributed by atoms with Gasteiger partial charge < -0.3 is 10.2 Å². The largest absolute Gasteiger partial charge is 0.393 e. The van der Waals surface area contributed by atoms with Gasteiger partial charge in [-0.25, -0.2) is 0 Å². The molecular weight excluding hydrogens is 446 g/mol. The number of benzene rings is 2. The fourth-order valence-corrected chi connectivity index (χ4v) is 9.48. The molecule has 3 fully saturated rings. The van der Waals surface area contributed by atoms with E-state index in [1.54, 1.807) is 0 Å². The number of rotatable bonds is 1. The van der Waals surface area contributed by atoms with E-state index >= 15 is 0 Å². The maximum Gasteiger partial charge on any atom is 0.155 e. The second-order valence-corrected chi connectivity index (χ2v) is 12.4. The molecule has 0 aliphatic heterocycles. The summed E-state index contributed by atoms with van der Waals surface area (Å²) >= 11 is 0. The highest BCUT2D eigenvalue weighted by atomic mass is 16.3. The number of hydrogen-bond acceptors (Lipinski definition) is 4. The molecule has 7 rings (SSSR count). The minimum Gasteiger partial charge on any atom is -0.393 e. The van der Waals surface area contributed by atoms with Crippen molar-refractivity contribution >= 4 is 5.78 Å². The number of aliphatic hydroxyl groups excluding tert-OH is 1. The minimum atomic E-state index is -0.880. The fourth-order valence-electron chi connectivity index (χ4n) is 9.48. The van der Waals surface area contributed by atoms with E-state index in [1.165, 1.54) is 16.7 Å². The Morgan fingerprint density at radius 3 is 2.56 bits per heavy atom. The standard InChI is InChI=1S/C32H33NO3/c1-30-17-28-25-8-6-21(20-4-2-19(18-33)3-5-20)14-22(25)16-31-13-12-24(34)15-23(31)7-9-27(32(28,31)36)26(30)10-11-29(30)35/h2-6,8,14-15,26-29,35-36H,7,9-13,16-17H2,1H3/t26-,27-,28+,29-,30-,31+,32-/m0/s1. The molecule has 2 aromatic rings. The van der Waals surface area contributed by atoms with Crippen LogP contribution in [0.5, 0.6) is 0 Å². The molecule has 7 atom stereocenters. The number of carbonyl (C=O) groups is 1. The summed E-state index contributed by atoms with van der Waals surface area (Å²) in [5, 5.41) is 33.3. The number of nitrogens with zero attached hydrogens (tertiary/aromatic N) is 1. The van der Waals surface area contributed by atoms with Crippen LogP contribution in [-0.2, 0) is 11.2 Å². The molecule has 0 amide bonds. The summed E-state index contributed by atoms with van der Waals surface area (Å²) in [6.45, 7) is 2.26. The summed E-state index contributed by atoms with van der Waals surface area (Å²) in [5.41, 5.74) is 5.03. The average Bonchev–Trinajstić information content (AvgIpc) is 3.18. The first-order valence-corrected chi connectivity index (χ1v) is 13.6. The van der Waals surface area contributed by atoms with Gasteiger partial charge in [-0.2, -0.15) is 5.26 Å². The number of hydrogen-bond donors (Lipinski definition) is 2. The van der Waals surface area contributed by atoms with Crippen LogP contribution in [0.15, 0.2) is 54.1 Å². The molecule has 1 spiro atoms. The Bertz CT molecular complexity index is 1350. The lowest BCUT2D eigenvalue weighted by atomic mass is 9.38. The lowest BCUT2D eigenvalue weighted by Crippen LogP contribution is -2.69. The normalized spacial score (nSPS) is 40.3. The molecule has 0 unspecified atom stereocenters. The topological polar surface area (TPSA) is 81.3 Å². The highest BCUT2D eigenvalue weighted by Gasteiger charge is 2.72. The van der Waals surface area contributed by atoms with Gasteiger partial charge in [-0.1, -0.05) is 42.8 Å². The highest BCUT2D eigenvalue weighted by molar-refractivity contribution is 5.92. The first-order valence-electron chi connectivity index (χ1n) is 13.6. The zero-order valence-electron chi connectivity index (χ0n) is 20.8. The first kappa shape index (κ1) is 22.5. The van der Waals surface area contributed by atoms with Crippen molar-refractivity contribution in [3.63, 3.8) is 0 Å². The minimum absolute atomic E-state index is 0.0489. The number of nitriles is 1. The number of ketones is 1. The van der Waals surface area contributed by atoms with Gasteiger partial charge in [0.15, 0.2) is 5.78 Å². The Morgan fingerprint density at radius 1 is 1.00 bits per heavy atom. The number of fused-ring (bicyclic) bond motifs is 4. The molecule has 4 nitrogen and oxygen atoms in total. The van der Waals surface area contributed by atoms with Crippen LogP contribution in [0.25, 0.3) is 11.1 Å². The van der Waals surface area contributed by atoms with E-state index in [2.05, 4.69) is 31.2 Å². The fraction of sp³-hybridized carbons (Fsp3) is 0.500. The van der Waals surface area contributed by atoms with Crippen LogP contribution in [0.1, 0.15) is 74.5 Å². The van der Waals surface area contributed by atoms with Gasteiger partial charge in [0, 0.05) is 17.8 Å². The van der Waals surface area contributed by atoms with Crippen molar-refractivity contribution in [2.24, 2.45) is 22.7 Å². The number of aliphatic hydroxyl groups is 2. The first-order chi connectivity index (χ1) is 17.3. The monoisotopic (exact) mass is 479 g/mol. The molecular formula is C32H33NO3. The lowest BCUT2D eigenvalue weighted by Gasteiger charge is -2.68. The van der Waals surface area contributed by atoms with E-state index in [9.17, 15) is 20.3 Å². The molecule has 4 heteroatoms. The van der Waals surface area contributed by atoms with Crippen molar-refractivity contribution in [1.82, 2.24) is 0 Å². The van der Waals surface area contributed by atoms with E-state index in [0.717, 1.165) is 49.7 Å². The molecule has 5 aliphatic rings. The summed E-state index contributed by atoms with van der Waals surface area (Å²) in [7, 11) is 0. The molecule has 2 N–H and O–H groups in total. The molecule has 0 radical (unpaired) electrons. The van der Waals surface area contributed by atoms with Gasteiger partial charge >= 0.3 is 0 Å². The molecule has 0 bridgehead atoms. The zero-order valence-corrected chi connectivity index (χ0v) is 20.8. The Hall–Kier alpha value is -2.74. The van der Waals surface area contributed by atoms with Crippen molar-refractivity contribution < 1.29 is 15.0 Å². The van der Waals surface area contributed by atoms with Crippen LogP contribution in [-0.4, -0.2) is 27.7 Å². The predicted octanol–water partition coefficient (Wildman–Crippen LogP) is 5.46. The maximum atomic E-state index is 13.0. The molecule has 2 aromatic carbocycles. The van der Waals surface area contributed by atoms with Crippen molar-refractivity contribution in [2.45, 2.75) is 75.9 Å². The van der Waals surface area contributed by atoms with Crippen LogP contribution < -0.4 is 0 Å². The van der Waals surface area contributed by atoms with E-state index in [4.69, 9.17) is 0 Å². The quantitative estimate of drug-likeness (QED) is 0.569. The summed E-state index contributed by atoms with van der Waals surface area (Å²) in [6, 6.07) is 16.6. The van der Waals surface area contributed by atoms with Crippen LogP contribution >= 0.6 is 0 Å². The molecule has 184 valence electrons. The van der Waals surface area contributed by atoms with Crippen LogP contribution in [0.3, 0.4) is 0 Å². The van der Waals surface area contributed by atoms with Crippen molar-refractivity contribution in [3.05, 3.63) is 70.8 Å². The molecule has 3 saturated carbocycles. The number of carbonyl (C=O) groups excluding carboxylic acids is 1. The van der Waals surface area contributed by atoms with E-state index in [1.807, 2.05) is 30.3 Å². The van der Waals surface area contributed by atoms with Crippen molar-refractivity contribution in [1.29, 1.82) is 5.26 Å². The summed E-state index contributed by atoms with van der Waals surface area (Å²) < 4.78 is 0. The second kappa shape index (κ2) is 7.40. The third-order valence-electron chi connectivity index (χ3n) is 11.2. The smallest absolute Gasteiger partial charge is 0.155 e. The molecule has 0 heterocycles. The van der Waals surface area contributed by atoms with Gasteiger partial charge in [-0.3, -0.25) is 4.79 Å². The van der Waals surface area contributed by atoms with E-state index in [-0.39, 0.29) is 29.1 Å². The van der Waals surface area contributed by atoms with Gasteiger partial charge in [0.1, 0.15) is 0 Å². The van der Waals surface area contributed by atoms with Crippen LogP contribution in [0.4, 0.5) is 0 Å². The second-order valence-electron chi connectivity index (χ2n) is 12.4. The predicted molar refractivity (Wildman–Crippen MR) is 137 cm³/mol. The SMILES string of the molecule is C[C@]12C[C@@H]3c4ccc(-c5ccc(C#N)cc5)cc4C[C@]45CCC(=O)C=C4CC[C@@H]([C@@H]1CC[C@@H]2O)[C@]35O. The summed E-state index contributed by atoms with van der Waals surface area (Å²) in [4.78, 5) is 12.5. The molecule has 5 aliphatic carbocycles. The Morgan fingerprint density at radius 2 is 1.78 bits per heavy atom. The summed E-state index contributed by atoms with van der Waals surface area (Å²) in [5.74, 6) is 0.620. The van der Waals surface area contributed by atoms with E-state index in [0.29, 0.717) is 24.3 Å². The Kier molecular flexibility index (Phi) is 4.62. The Balaban J connectivity index is 1.42. The van der Waals surface area contributed by atoms with Gasteiger partial charge in [0.25, 0.3) is 0 Å². The van der Waals surface area contributed by atoms with Gasteiger partial charge in [0.05, 0.1) is 23.3 Å². The van der Waals surface area contributed by atoms with Crippen molar-refractivity contribution in [3.8, 4) is 17.2 Å². The van der Waals surface area contributed by atoms with Crippen LogP contribution in [0.2, 0.25) is 0 Å². The lowest BCUT2D eigenvalue weighted by molar-refractivity contribution is -0.219. The van der Waals surface area contributed by atoms with E-state index < -0.39 is 11.0 Å². The van der Waals surface area contributed by atoms with Gasteiger partial charge in [-0.05, 0) is 103 Å². The van der Waals surface area contributed by atoms with Gasteiger partial charge in [0.2, 0.25) is 0 Å². The third kappa shape index (κ3) is 2.68. The van der Waals surface area contributed by atoms with Crippen molar-refractivity contribution in [2.75, 3.05) is 0 Å². The van der Waals surface area contributed by atoms with Gasteiger partial charge in [-0.15, -0.1) is 0 Å². The Labute approximate surface area is 212 Å². The maximum absolute atomic E-state index is 13.0. The highest BCUT2D eigenvalue weighted by Crippen LogP contribution is 2.73. The average molecular weight is 480 g/mol. The van der Waals surface area contributed by atoms with Crippen LogP contribution in [0, 0.1) is 34.0 Å². The third-order valence-corrected chi connectivity index (χ3v) is 11.2. The molecule has 36 heavy (non-hydrogen) atoms. The zero-order chi connectivity index (χ0) is 24.9. The summed E-state index contributed by atoms with van der Waals surface area (Å²) in [6.07, 6.45) is 7.90.